The molecule has 6 atom stereocenters. The van der Waals surface area contributed by atoms with Crippen LogP contribution in [0.3, 0.4) is 0 Å². The lowest BCUT2D eigenvalue weighted by atomic mass is 10.1. The molecule has 0 unspecified atom stereocenters. The number of H-pyrrole nitrogens is 1. The average molecular weight is 552 g/mol. The third kappa shape index (κ3) is 7.10. The van der Waals surface area contributed by atoms with Crippen LogP contribution in [0.5, 0.6) is 5.75 Å². The van der Waals surface area contributed by atoms with E-state index >= 15 is 0 Å². The third-order valence-corrected chi connectivity index (χ3v) is 7.02. The van der Waals surface area contributed by atoms with E-state index in [1.165, 1.54) is 32.2 Å². The summed E-state index contributed by atoms with van der Waals surface area (Å²) in [6, 6.07) is 5.64. The van der Waals surface area contributed by atoms with Gasteiger partial charge in [0.25, 0.3) is 5.56 Å². The molecule has 1 aliphatic rings. The van der Waals surface area contributed by atoms with Crippen molar-refractivity contribution in [3.8, 4) is 5.75 Å². The fraction of sp³-hybridized carbons (Fsp3) is 0.500. The predicted octanol–water partition coefficient (Wildman–Crippen LogP) is 1.92. The van der Waals surface area contributed by atoms with E-state index in [0.29, 0.717) is 0 Å². The first-order chi connectivity index (χ1) is 17.9. The molecule has 0 aliphatic carbocycles. The Morgan fingerprint density at radius 3 is 2.63 bits per heavy atom. The summed E-state index contributed by atoms with van der Waals surface area (Å²) in [4.78, 5) is 41.3. The Morgan fingerprint density at radius 1 is 1.32 bits per heavy atom. The molecule has 2 heterocycles. The fourth-order valence-electron chi connectivity index (χ4n) is 3.56. The van der Waals surface area contributed by atoms with Crippen molar-refractivity contribution in [3.05, 3.63) is 73.4 Å². The molecule has 1 saturated heterocycles. The number of benzene rings is 1. The largest absolute Gasteiger partial charge is 0.462 e. The number of aromatic nitrogens is 2. The minimum atomic E-state index is -4.29. The van der Waals surface area contributed by atoms with Crippen LogP contribution in [0.2, 0.25) is 0 Å². The Hall–Kier alpha value is -3.45. The number of aliphatic hydroxyl groups is 1. The maximum atomic E-state index is 13.7. The standard InChI is InChI=1S/C22H29N6O9P/c1-12(2)35-21(31)14(4)26-38(33,37-15-8-6-5-7-9-15)34-11-16-18(29)17(25-27-23)20(36-16)28-10-13(3)19(30)24-22(28)32/h5-10,12,14,16-18,20,29H,11H2,1-4H3,(H,26,33)(H,24,30,32)/t14-,16+,17+,18+,20+,38-/m0/s1. The molecule has 3 N–H and O–H groups in total. The van der Waals surface area contributed by atoms with E-state index in [1.807, 2.05) is 0 Å². The highest BCUT2D eigenvalue weighted by Crippen LogP contribution is 2.46. The number of aryl methyl sites for hydroxylation is 1. The van der Waals surface area contributed by atoms with Crippen LogP contribution in [0.15, 0.2) is 51.2 Å². The maximum absolute atomic E-state index is 13.7. The van der Waals surface area contributed by atoms with Crippen LogP contribution in [0.25, 0.3) is 10.4 Å². The number of nitrogens with zero attached hydrogens (tertiary/aromatic N) is 4. The highest BCUT2D eigenvalue weighted by molar-refractivity contribution is 7.52. The first kappa shape index (κ1) is 29.1. The van der Waals surface area contributed by atoms with Crippen LogP contribution < -0.4 is 20.9 Å². The molecule has 1 aromatic carbocycles. The average Bonchev–Trinajstić information content (AvgIpc) is 3.15. The zero-order valence-corrected chi connectivity index (χ0v) is 22.0. The Bertz CT molecular complexity index is 1340. The smallest absolute Gasteiger partial charge is 0.459 e. The van der Waals surface area contributed by atoms with Gasteiger partial charge < -0.3 is 19.1 Å². The summed E-state index contributed by atoms with van der Waals surface area (Å²) in [5.74, 6) is -0.533. The molecule has 0 bridgehead atoms. The van der Waals surface area contributed by atoms with Crippen LogP contribution >= 0.6 is 7.75 Å². The summed E-state index contributed by atoms with van der Waals surface area (Å²) in [6.07, 6.45) is -3.27. The quantitative estimate of drug-likeness (QED) is 0.121. The summed E-state index contributed by atoms with van der Waals surface area (Å²) in [7, 11) is -4.29. The van der Waals surface area contributed by atoms with Crippen LogP contribution in [-0.2, 0) is 23.4 Å². The lowest BCUT2D eigenvalue weighted by Gasteiger charge is -2.25. The molecule has 206 valence electrons. The van der Waals surface area contributed by atoms with Gasteiger partial charge in [-0.3, -0.25) is 23.7 Å². The Kier molecular flexibility index (Phi) is 9.50. The molecule has 0 amide bonds. The molecular formula is C22H29N6O9P. The minimum absolute atomic E-state index is 0.167. The molecule has 1 aliphatic heterocycles. The maximum Gasteiger partial charge on any atom is 0.459 e. The van der Waals surface area contributed by atoms with E-state index in [1.54, 1.807) is 32.0 Å². The molecule has 0 radical (unpaired) electrons. The van der Waals surface area contributed by atoms with Gasteiger partial charge in [0.1, 0.15) is 30.2 Å². The van der Waals surface area contributed by atoms with E-state index in [-0.39, 0.29) is 11.3 Å². The Morgan fingerprint density at radius 2 is 2.00 bits per heavy atom. The number of hydrogen-bond donors (Lipinski definition) is 3. The van der Waals surface area contributed by atoms with E-state index < -0.39 is 68.2 Å². The van der Waals surface area contributed by atoms with Gasteiger partial charge in [-0.15, -0.1) is 0 Å². The molecule has 1 fully saturated rings. The fourth-order valence-corrected chi connectivity index (χ4v) is 5.06. The molecule has 16 heteroatoms. The van der Waals surface area contributed by atoms with Crippen molar-refractivity contribution in [2.75, 3.05) is 6.61 Å². The summed E-state index contributed by atoms with van der Waals surface area (Å²) in [5, 5.41) is 16.8. The number of aliphatic hydroxyl groups excluding tert-OH is 1. The number of nitrogens with one attached hydrogen (secondary N) is 2. The third-order valence-electron chi connectivity index (χ3n) is 5.38. The van der Waals surface area contributed by atoms with Crippen LogP contribution in [0.1, 0.15) is 32.6 Å². The van der Waals surface area contributed by atoms with Gasteiger partial charge in [-0.1, -0.05) is 23.3 Å². The number of carbonyl (C=O) groups excluding carboxylic acids is 1. The number of esters is 1. The van der Waals surface area contributed by atoms with Gasteiger partial charge >= 0.3 is 19.4 Å². The predicted molar refractivity (Wildman–Crippen MR) is 133 cm³/mol. The number of azide groups is 1. The number of rotatable bonds is 11. The molecule has 2 aromatic rings. The number of carbonyl (C=O) groups is 1. The minimum Gasteiger partial charge on any atom is -0.462 e. The molecular weight excluding hydrogens is 523 g/mol. The summed E-state index contributed by atoms with van der Waals surface area (Å²) >= 11 is 0. The highest BCUT2D eigenvalue weighted by Gasteiger charge is 2.46. The monoisotopic (exact) mass is 552 g/mol. The van der Waals surface area contributed by atoms with Gasteiger partial charge in [0.15, 0.2) is 0 Å². The first-order valence-electron chi connectivity index (χ1n) is 11.6. The molecule has 0 spiro atoms. The molecule has 0 saturated carbocycles. The summed E-state index contributed by atoms with van der Waals surface area (Å²) < 4.78 is 36.6. The number of para-hydroxylation sites is 1. The van der Waals surface area contributed by atoms with Gasteiger partial charge in [-0.05, 0) is 45.4 Å². The first-order valence-corrected chi connectivity index (χ1v) is 13.2. The Labute approximate surface area is 216 Å². The van der Waals surface area contributed by atoms with Crippen molar-refractivity contribution >= 4 is 13.7 Å². The molecule has 38 heavy (non-hydrogen) atoms. The lowest BCUT2D eigenvalue weighted by molar-refractivity contribution is -0.149. The van der Waals surface area contributed by atoms with E-state index in [9.17, 15) is 24.1 Å². The zero-order chi connectivity index (χ0) is 28.0. The van der Waals surface area contributed by atoms with Crippen molar-refractivity contribution in [3.63, 3.8) is 0 Å². The van der Waals surface area contributed by atoms with Gasteiger partial charge in [0.05, 0.1) is 18.8 Å². The van der Waals surface area contributed by atoms with Gasteiger partial charge in [-0.2, -0.15) is 5.09 Å². The number of hydrogen-bond acceptors (Lipinski definition) is 10. The van der Waals surface area contributed by atoms with Gasteiger partial charge in [-0.25, -0.2) is 9.36 Å². The second-order valence-electron chi connectivity index (χ2n) is 8.76. The number of aromatic amines is 1. The lowest BCUT2D eigenvalue weighted by Crippen LogP contribution is -2.38. The van der Waals surface area contributed by atoms with Crippen molar-refractivity contribution in [2.24, 2.45) is 5.11 Å². The van der Waals surface area contributed by atoms with Crippen molar-refractivity contribution in [1.29, 1.82) is 0 Å². The summed E-state index contributed by atoms with van der Waals surface area (Å²) in [6.45, 7) is 5.62. The van der Waals surface area contributed by atoms with Gasteiger partial charge in [0.2, 0.25) is 0 Å². The van der Waals surface area contributed by atoms with E-state index in [4.69, 9.17) is 24.1 Å². The van der Waals surface area contributed by atoms with Crippen molar-refractivity contribution in [1.82, 2.24) is 14.6 Å². The van der Waals surface area contributed by atoms with Crippen molar-refractivity contribution < 1.29 is 33.0 Å². The van der Waals surface area contributed by atoms with Crippen LogP contribution in [-0.4, -0.2) is 57.6 Å². The molecule has 15 nitrogen and oxygen atoms in total. The number of ether oxygens (including phenoxy) is 2. The van der Waals surface area contributed by atoms with Gasteiger partial charge in [0, 0.05) is 16.7 Å². The van der Waals surface area contributed by atoms with Crippen LogP contribution in [0, 0.1) is 6.92 Å². The van der Waals surface area contributed by atoms with Crippen LogP contribution in [0.4, 0.5) is 0 Å². The second kappa shape index (κ2) is 12.4. The normalized spacial score (nSPS) is 23.3. The zero-order valence-electron chi connectivity index (χ0n) is 21.1. The molecule has 3 rings (SSSR count). The second-order valence-corrected chi connectivity index (χ2v) is 10.5. The SMILES string of the molecule is Cc1cn([C@@H]2O[C@H](CO[P@@](=O)(N[C@@H](C)C(=O)OC(C)C)Oc3ccccc3)[C@@H](O)[C@H]2N=[N+]=[N-])c(=O)[nH]c1=O. The Balaban J connectivity index is 1.84. The van der Waals surface area contributed by atoms with E-state index in [0.717, 1.165) is 4.57 Å². The molecule has 1 aromatic heterocycles. The van der Waals surface area contributed by atoms with E-state index in [2.05, 4.69) is 20.1 Å². The summed E-state index contributed by atoms with van der Waals surface area (Å²) in [5.41, 5.74) is 7.71. The highest BCUT2D eigenvalue weighted by atomic mass is 31.2. The van der Waals surface area contributed by atoms with Crippen molar-refractivity contribution in [2.45, 2.75) is 64.3 Å². The topological polar surface area (TPSA) is 207 Å².